The van der Waals surface area contributed by atoms with Gasteiger partial charge in [-0.1, -0.05) is 11.6 Å². The highest BCUT2D eigenvalue weighted by Gasteiger charge is 2.32. The summed E-state index contributed by atoms with van der Waals surface area (Å²) in [5.74, 6) is 1.35. The van der Waals surface area contributed by atoms with Crippen molar-refractivity contribution in [2.45, 2.75) is 32.9 Å². The van der Waals surface area contributed by atoms with Crippen LogP contribution in [0.1, 0.15) is 20.8 Å². The predicted molar refractivity (Wildman–Crippen MR) is 121 cm³/mol. The van der Waals surface area contributed by atoms with Crippen molar-refractivity contribution in [3.05, 3.63) is 35.6 Å². The average Bonchev–Trinajstić information content (AvgIpc) is 3.42. The van der Waals surface area contributed by atoms with Crippen LogP contribution in [-0.4, -0.2) is 71.6 Å². The van der Waals surface area contributed by atoms with E-state index in [0.29, 0.717) is 23.9 Å². The van der Waals surface area contributed by atoms with Gasteiger partial charge in [-0.25, -0.2) is 9.97 Å². The van der Waals surface area contributed by atoms with Crippen LogP contribution in [-0.2, 0) is 4.79 Å². The van der Waals surface area contributed by atoms with Gasteiger partial charge in [0.1, 0.15) is 11.5 Å². The number of anilines is 1. The number of tetrazole rings is 1. The van der Waals surface area contributed by atoms with E-state index >= 15 is 0 Å². The molecule has 1 aliphatic heterocycles. The fourth-order valence-electron chi connectivity index (χ4n) is 4.55. The highest BCUT2D eigenvalue weighted by Crippen LogP contribution is 2.33. The fraction of sp³-hybridized carbons (Fsp3) is 0.333. The molecule has 0 spiro atoms. The number of nitrogens with one attached hydrogen (secondary N) is 2. The van der Waals surface area contributed by atoms with Crippen LogP contribution < -0.4 is 4.90 Å². The van der Waals surface area contributed by atoms with Crippen molar-refractivity contribution in [3.63, 3.8) is 0 Å². The summed E-state index contributed by atoms with van der Waals surface area (Å²) in [5, 5.41) is 15.9. The summed E-state index contributed by atoms with van der Waals surface area (Å²) >= 11 is 6.20. The number of nitrogens with zero attached hydrogens (tertiary/aromatic N) is 7. The molecule has 32 heavy (non-hydrogen) atoms. The lowest BCUT2D eigenvalue weighted by Gasteiger charge is -2.44. The lowest BCUT2D eigenvalue weighted by Crippen LogP contribution is -2.58. The van der Waals surface area contributed by atoms with Crippen molar-refractivity contribution in [1.29, 1.82) is 0 Å². The summed E-state index contributed by atoms with van der Waals surface area (Å²) < 4.78 is 0. The van der Waals surface area contributed by atoms with E-state index in [9.17, 15) is 4.79 Å². The molecule has 0 radical (unpaired) electrons. The first-order valence-corrected chi connectivity index (χ1v) is 10.7. The number of halogens is 1. The Kier molecular flexibility index (Phi) is 5.01. The number of carbonyl (C=O) groups is 1. The summed E-state index contributed by atoms with van der Waals surface area (Å²) in [4.78, 5) is 28.7. The zero-order chi connectivity index (χ0) is 22.4. The molecule has 0 saturated carbocycles. The van der Waals surface area contributed by atoms with Gasteiger partial charge in [0, 0.05) is 61.0 Å². The second kappa shape index (κ2) is 7.86. The van der Waals surface area contributed by atoms with Gasteiger partial charge in [-0.2, -0.15) is 5.21 Å². The van der Waals surface area contributed by atoms with Gasteiger partial charge in [-0.3, -0.25) is 4.79 Å². The number of carbonyl (C=O) groups excluding carboxylic acids is 1. The zero-order valence-electron chi connectivity index (χ0n) is 17.9. The molecule has 5 rings (SSSR count). The lowest BCUT2D eigenvalue weighted by atomic mass is 10.1. The largest absolute Gasteiger partial charge is 0.352 e. The fourth-order valence-corrected chi connectivity index (χ4v) is 4.71. The van der Waals surface area contributed by atoms with E-state index in [1.807, 2.05) is 29.3 Å². The number of aromatic amines is 2. The van der Waals surface area contributed by atoms with E-state index in [2.05, 4.69) is 49.3 Å². The Hall–Kier alpha value is -3.53. The number of hydrogen-bond donors (Lipinski definition) is 2. The molecule has 0 aromatic carbocycles. The van der Waals surface area contributed by atoms with Crippen molar-refractivity contribution in [2.75, 3.05) is 18.0 Å². The Morgan fingerprint density at radius 1 is 1.19 bits per heavy atom. The average molecular weight is 452 g/mol. The van der Waals surface area contributed by atoms with Gasteiger partial charge in [0.2, 0.25) is 11.7 Å². The molecule has 0 aliphatic carbocycles. The Bertz CT molecular complexity index is 1270. The van der Waals surface area contributed by atoms with Gasteiger partial charge >= 0.3 is 0 Å². The standard InChI is InChI=1S/C21H22ClN9O/c1-11-9-30(10-12(2)31(11)13(3)32)19-5-14(20-26-28-29-27-20)4-18(25-19)17-8-24-21-16(17)6-15(22)7-23-21/h4-8,11-12H,9-10H2,1-3H3,(H,23,24)(H,26,27,28,29)/t11-,12+. The number of fused-ring (bicyclic) bond motifs is 1. The molecule has 2 N–H and O–H groups in total. The second-order valence-corrected chi connectivity index (χ2v) is 8.55. The van der Waals surface area contributed by atoms with Gasteiger partial charge in [-0.05, 0) is 37.3 Å². The maximum absolute atomic E-state index is 12.1. The second-order valence-electron chi connectivity index (χ2n) is 8.12. The molecule has 4 aromatic rings. The molecular weight excluding hydrogens is 430 g/mol. The first kappa shape index (κ1) is 20.4. The number of amides is 1. The maximum atomic E-state index is 12.1. The molecule has 2 atom stereocenters. The molecule has 4 aromatic heterocycles. The maximum Gasteiger partial charge on any atom is 0.220 e. The van der Waals surface area contributed by atoms with Crippen LogP contribution in [0.4, 0.5) is 5.82 Å². The summed E-state index contributed by atoms with van der Waals surface area (Å²) in [6.45, 7) is 7.08. The molecule has 1 amide bonds. The number of rotatable bonds is 3. The summed E-state index contributed by atoms with van der Waals surface area (Å²) in [6, 6.07) is 5.87. The van der Waals surface area contributed by atoms with E-state index < -0.39 is 0 Å². The SMILES string of the molecule is CC(=O)N1[C@H](C)CN(c2cc(-c3nn[nH]n3)cc(-c3c[nH]c4ncc(Cl)cc34)n2)C[C@@H]1C. The van der Waals surface area contributed by atoms with Gasteiger partial charge < -0.3 is 14.8 Å². The van der Waals surface area contributed by atoms with Crippen molar-refractivity contribution in [3.8, 4) is 22.6 Å². The van der Waals surface area contributed by atoms with Gasteiger partial charge in [0.15, 0.2) is 0 Å². The normalized spacial score (nSPS) is 19.0. The Morgan fingerprint density at radius 3 is 2.66 bits per heavy atom. The molecule has 1 saturated heterocycles. The topological polar surface area (TPSA) is 120 Å². The van der Waals surface area contributed by atoms with Gasteiger partial charge in [-0.15, -0.1) is 10.2 Å². The van der Waals surface area contributed by atoms with E-state index in [0.717, 1.165) is 33.7 Å². The third-order valence-corrected chi connectivity index (χ3v) is 6.00. The van der Waals surface area contributed by atoms with Crippen LogP contribution >= 0.6 is 11.6 Å². The van der Waals surface area contributed by atoms with E-state index in [4.69, 9.17) is 16.6 Å². The Balaban J connectivity index is 1.61. The summed E-state index contributed by atoms with van der Waals surface area (Å²) in [6.07, 6.45) is 3.48. The van der Waals surface area contributed by atoms with Crippen LogP contribution in [0.2, 0.25) is 5.02 Å². The predicted octanol–water partition coefficient (Wildman–Crippen LogP) is 2.90. The monoisotopic (exact) mass is 451 g/mol. The van der Waals surface area contributed by atoms with Crippen molar-refractivity contribution < 1.29 is 4.79 Å². The number of pyridine rings is 2. The third kappa shape index (κ3) is 3.56. The zero-order valence-corrected chi connectivity index (χ0v) is 18.6. The lowest BCUT2D eigenvalue weighted by molar-refractivity contribution is -0.133. The van der Waals surface area contributed by atoms with E-state index in [-0.39, 0.29) is 18.0 Å². The van der Waals surface area contributed by atoms with Crippen LogP contribution in [0.15, 0.2) is 30.6 Å². The van der Waals surface area contributed by atoms with Crippen LogP contribution in [0, 0.1) is 0 Å². The quantitative estimate of drug-likeness (QED) is 0.491. The smallest absolute Gasteiger partial charge is 0.220 e. The first-order chi connectivity index (χ1) is 15.4. The van der Waals surface area contributed by atoms with Crippen LogP contribution in [0.25, 0.3) is 33.7 Å². The molecule has 0 bridgehead atoms. The molecule has 0 unspecified atom stereocenters. The molecule has 5 heterocycles. The van der Waals surface area contributed by atoms with Crippen molar-refractivity contribution in [2.24, 2.45) is 0 Å². The van der Waals surface area contributed by atoms with Crippen LogP contribution in [0.3, 0.4) is 0 Å². The highest BCUT2D eigenvalue weighted by molar-refractivity contribution is 6.31. The number of aromatic nitrogens is 7. The molecule has 10 nitrogen and oxygen atoms in total. The minimum Gasteiger partial charge on any atom is -0.352 e. The van der Waals surface area contributed by atoms with Crippen molar-refractivity contribution >= 4 is 34.4 Å². The molecular formula is C21H22ClN9O. The van der Waals surface area contributed by atoms with Crippen molar-refractivity contribution in [1.82, 2.24) is 40.5 Å². The van der Waals surface area contributed by atoms with E-state index in [1.165, 1.54) is 0 Å². The molecule has 1 fully saturated rings. The Morgan fingerprint density at radius 2 is 1.97 bits per heavy atom. The molecule has 1 aliphatic rings. The van der Waals surface area contributed by atoms with E-state index in [1.54, 1.807) is 13.1 Å². The van der Waals surface area contributed by atoms with Crippen LogP contribution in [0.5, 0.6) is 0 Å². The molecule has 164 valence electrons. The number of hydrogen-bond acceptors (Lipinski definition) is 7. The minimum atomic E-state index is 0.0615. The molecule has 11 heteroatoms. The number of piperazine rings is 1. The first-order valence-electron chi connectivity index (χ1n) is 10.3. The number of H-pyrrole nitrogens is 2. The van der Waals surface area contributed by atoms with Gasteiger partial charge in [0.25, 0.3) is 0 Å². The summed E-state index contributed by atoms with van der Waals surface area (Å²) in [7, 11) is 0. The highest BCUT2D eigenvalue weighted by atomic mass is 35.5. The summed E-state index contributed by atoms with van der Waals surface area (Å²) in [5.41, 5.74) is 3.14. The van der Waals surface area contributed by atoms with Gasteiger partial charge in [0.05, 0.1) is 10.7 Å². The Labute approximate surface area is 189 Å². The minimum absolute atomic E-state index is 0.0615. The third-order valence-electron chi connectivity index (χ3n) is 5.80.